The quantitative estimate of drug-likeness (QED) is 0.222. The monoisotopic (exact) mass is 768 g/mol. The van der Waals surface area contributed by atoms with E-state index in [-0.39, 0.29) is 129 Å². The van der Waals surface area contributed by atoms with E-state index in [0.717, 1.165) is 0 Å². The van der Waals surface area contributed by atoms with Crippen LogP contribution in [0.25, 0.3) is 0 Å². The van der Waals surface area contributed by atoms with Crippen molar-refractivity contribution in [1.82, 2.24) is 0 Å². The van der Waals surface area contributed by atoms with Crippen LogP contribution in [0.4, 0.5) is 0 Å². The Labute approximate surface area is 128 Å². The van der Waals surface area contributed by atoms with E-state index in [1.807, 2.05) is 0 Å². The minimum absolute atomic E-state index is 0. The SMILES string of the molecule is O.O.O.O.O.O.O.O.O.O.O.O.[W].[W].[W]. The molecule has 0 aromatic carbocycles. The van der Waals surface area contributed by atoms with Crippen LogP contribution >= 0.6 is 0 Å². The molecule has 24 N–H and O–H groups in total. The zero-order valence-electron chi connectivity index (χ0n) is 7.22. The van der Waals surface area contributed by atoms with Gasteiger partial charge in [0.05, 0.1) is 0 Å². The van der Waals surface area contributed by atoms with Crippen molar-refractivity contribution in [3.05, 3.63) is 0 Å². The third-order valence-corrected chi connectivity index (χ3v) is 0. The summed E-state index contributed by atoms with van der Waals surface area (Å²) in [5.74, 6) is 0. The zero-order valence-corrected chi connectivity index (χ0v) is 16.0. The molecule has 0 aromatic rings. The molecule has 114 valence electrons. The second-order valence-electron chi connectivity index (χ2n) is 0. The molecule has 0 radical (unpaired) electrons. The van der Waals surface area contributed by atoms with Gasteiger partial charge in [0.2, 0.25) is 0 Å². The van der Waals surface area contributed by atoms with E-state index in [2.05, 4.69) is 0 Å². The summed E-state index contributed by atoms with van der Waals surface area (Å²) in [5, 5.41) is 0. The van der Waals surface area contributed by atoms with Gasteiger partial charge in [0, 0.05) is 63.2 Å². The van der Waals surface area contributed by atoms with E-state index in [1.54, 1.807) is 0 Å². The van der Waals surface area contributed by atoms with E-state index < -0.39 is 0 Å². The van der Waals surface area contributed by atoms with E-state index in [9.17, 15) is 0 Å². The summed E-state index contributed by atoms with van der Waals surface area (Å²) in [5.41, 5.74) is 0. The maximum atomic E-state index is 0. The second-order valence-corrected chi connectivity index (χ2v) is 0. The molecule has 0 saturated heterocycles. The summed E-state index contributed by atoms with van der Waals surface area (Å²) in [6.45, 7) is 0. The molecular formula is H24O12W3. The van der Waals surface area contributed by atoms with Gasteiger partial charge in [0.25, 0.3) is 0 Å². The van der Waals surface area contributed by atoms with Crippen LogP contribution in [0.2, 0.25) is 0 Å². The van der Waals surface area contributed by atoms with Crippen LogP contribution in [0.1, 0.15) is 0 Å². The fourth-order valence-electron chi connectivity index (χ4n) is 0. The smallest absolute Gasteiger partial charge is 0 e. The van der Waals surface area contributed by atoms with Crippen LogP contribution < -0.4 is 0 Å². The summed E-state index contributed by atoms with van der Waals surface area (Å²) in [6, 6.07) is 0. The minimum Gasteiger partial charge on any atom is -0.412 e. The summed E-state index contributed by atoms with van der Waals surface area (Å²) in [7, 11) is 0. The molecule has 12 nitrogen and oxygen atoms in total. The first-order valence-electron chi connectivity index (χ1n) is 0. The summed E-state index contributed by atoms with van der Waals surface area (Å²) in [4.78, 5) is 0. The van der Waals surface area contributed by atoms with Crippen LogP contribution in [0.15, 0.2) is 0 Å². The van der Waals surface area contributed by atoms with Crippen LogP contribution in [0.3, 0.4) is 0 Å². The third-order valence-electron chi connectivity index (χ3n) is 0. The summed E-state index contributed by atoms with van der Waals surface area (Å²) in [6.07, 6.45) is 0. The summed E-state index contributed by atoms with van der Waals surface area (Å²) < 4.78 is 0. The fourth-order valence-corrected chi connectivity index (χ4v) is 0. The predicted octanol–water partition coefficient (Wildman–Crippen LogP) is -9.90. The van der Waals surface area contributed by atoms with E-state index in [4.69, 9.17) is 0 Å². The fraction of sp³-hybridized carbons (Fsp3) is 0. The molecule has 0 heterocycles. The maximum absolute atomic E-state index is 0. The Morgan fingerprint density at radius 3 is 0.133 bits per heavy atom. The molecule has 0 spiro atoms. The first kappa shape index (κ1) is 1600. The first-order valence-corrected chi connectivity index (χ1v) is 0. The van der Waals surface area contributed by atoms with E-state index in [1.165, 1.54) is 0 Å². The molecule has 0 rings (SSSR count). The maximum Gasteiger partial charge on any atom is 0 e. The van der Waals surface area contributed by atoms with Crippen LogP contribution in [0, 0.1) is 0 Å². The van der Waals surface area contributed by atoms with Crippen molar-refractivity contribution < 1.29 is 129 Å². The molecule has 0 aromatic heterocycles. The van der Waals surface area contributed by atoms with Crippen molar-refractivity contribution in [2.45, 2.75) is 0 Å². The molecule has 0 fully saturated rings. The van der Waals surface area contributed by atoms with Gasteiger partial charge in [-0.15, -0.1) is 0 Å². The van der Waals surface area contributed by atoms with Gasteiger partial charge in [-0.25, -0.2) is 0 Å². The molecule has 0 saturated carbocycles. The van der Waals surface area contributed by atoms with Gasteiger partial charge < -0.3 is 65.7 Å². The Kier molecular flexibility index (Phi) is 141000. The topological polar surface area (TPSA) is 378 Å². The van der Waals surface area contributed by atoms with Crippen LogP contribution in [0.5, 0.6) is 0 Å². The number of hydrogen-bond donors (Lipinski definition) is 0. The van der Waals surface area contributed by atoms with Crippen LogP contribution in [-0.4, -0.2) is 65.7 Å². The van der Waals surface area contributed by atoms with Crippen molar-refractivity contribution in [3.8, 4) is 0 Å². The Bertz CT molecular complexity index is 10.8. The van der Waals surface area contributed by atoms with Crippen LogP contribution in [-0.2, 0) is 63.2 Å². The Hall–Kier alpha value is 1.58. The van der Waals surface area contributed by atoms with Gasteiger partial charge in [0.1, 0.15) is 0 Å². The van der Waals surface area contributed by atoms with Crippen molar-refractivity contribution in [2.75, 3.05) is 0 Å². The molecule has 0 bridgehead atoms. The van der Waals surface area contributed by atoms with Gasteiger partial charge in [-0.3, -0.25) is 0 Å². The number of hydrogen-bond acceptors (Lipinski definition) is 0. The van der Waals surface area contributed by atoms with Gasteiger partial charge in [-0.05, 0) is 0 Å². The van der Waals surface area contributed by atoms with Crippen molar-refractivity contribution >= 4 is 0 Å². The third kappa shape index (κ3) is 1140. The van der Waals surface area contributed by atoms with Gasteiger partial charge >= 0.3 is 0 Å². The van der Waals surface area contributed by atoms with Crippen molar-refractivity contribution in [1.29, 1.82) is 0 Å². The minimum atomic E-state index is 0. The van der Waals surface area contributed by atoms with Crippen molar-refractivity contribution in [3.63, 3.8) is 0 Å². The molecular weight excluding hydrogens is 744 g/mol. The zero-order chi connectivity index (χ0) is 0. The molecule has 0 aliphatic carbocycles. The number of rotatable bonds is 0. The molecule has 0 unspecified atom stereocenters. The molecule has 15 heavy (non-hydrogen) atoms. The standard InChI is InChI=1S/12H2O.3W/h12*1H2;;;. The van der Waals surface area contributed by atoms with Gasteiger partial charge in [-0.1, -0.05) is 0 Å². The molecule has 0 aliphatic heterocycles. The largest absolute Gasteiger partial charge is 0.412 e. The summed E-state index contributed by atoms with van der Waals surface area (Å²) >= 11 is 0. The predicted molar refractivity (Wildman–Crippen MR) is 43.4 cm³/mol. The average Bonchev–Trinajstić information content (AvgIpc) is 0. The van der Waals surface area contributed by atoms with E-state index >= 15 is 0 Å². The Balaban J connectivity index is 0. The molecule has 0 aliphatic rings. The molecule has 15 heteroatoms. The second kappa shape index (κ2) is 1320. The first-order chi connectivity index (χ1) is 0. The van der Waals surface area contributed by atoms with Crippen molar-refractivity contribution in [2.24, 2.45) is 0 Å². The Morgan fingerprint density at radius 1 is 0.133 bits per heavy atom. The Morgan fingerprint density at radius 2 is 0.133 bits per heavy atom. The normalized spacial score (nSPS) is 0. The van der Waals surface area contributed by atoms with Gasteiger partial charge in [0.15, 0.2) is 0 Å². The van der Waals surface area contributed by atoms with E-state index in [0.29, 0.717) is 0 Å². The van der Waals surface area contributed by atoms with Gasteiger partial charge in [-0.2, -0.15) is 0 Å². The molecule has 0 amide bonds. The average molecular weight is 768 g/mol. The molecule has 0 atom stereocenters.